The lowest BCUT2D eigenvalue weighted by Crippen LogP contribution is -2.21. The molecule has 0 saturated carbocycles. The van der Waals surface area contributed by atoms with Gasteiger partial charge in [-0.3, -0.25) is 0 Å². The average Bonchev–Trinajstić information content (AvgIpc) is 2.49. The maximum atomic E-state index is 13.3. The van der Waals surface area contributed by atoms with Crippen molar-refractivity contribution in [1.29, 1.82) is 0 Å². The Hall–Kier alpha value is -1.30. The summed E-state index contributed by atoms with van der Waals surface area (Å²) >= 11 is 9.57. The van der Waals surface area contributed by atoms with Gasteiger partial charge in [0.05, 0.1) is 23.9 Å². The lowest BCUT2D eigenvalue weighted by atomic mass is 10.1. The molecule has 0 saturated heterocycles. The molecule has 6 heteroatoms. The number of hydrogen-bond donors (Lipinski definition) is 2. The van der Waals surface area contributed by atoms with Gasteiger partial charge in [-0.1, -0.05) is 27.5 Å². The zero-order valence-corrected chi connectivity index (χ0v) is 13.7. The summed E-state index contributed by atoms with van der Waals surface area (Å²) in [4.78, 5) is 0. The highest BCUT2D eigenvalue weighted by molar-refractivity contribution is 9.10. The van der Waals surface area contributed by atoms with Gasteiger partial charge in [0.2, 0.25) is 0 Å². The molecular weight excluding hydrogens is 359 g/mol. The second kappa shape index (κ2) is 7.11. The summed E-state index contributed by atoms with van der Waals surface area (Å²) in [6, 6.07) is 9.54. The number of rotatable bonds is 5. The van der Waals surface area contributed by atoms with Crippen LogP contribution in [0.4, 0.5) is 10.1 Å². The number of methoxy groups -OCH3 is 1. The van der Waals surface area contributed by atoms with Gasteiger partial charge < -0.3 is 15.8 Å². The number of anilines is 1. The molecule has 2 rings (SSSR count). The molecule has 0 heterocycles. The van der Waals surface area contributed by atoms with Gasteiger partial charge in [-0.05, 0) is 42.0 Å². The van der Waals surface area contributed by atoms with Gasteiger partial charge in [0.15, 0.2) is 0 Å². The maximum absolute atomic E-state index is 13.3. The first-order valence-corrected chi connectivity index (χ1v) is 7.47. The van der Waals surface area contributed by atoms with Gasteiger partial charge in [0, 0.05) is 11.0 Å². The molecule has 3 N–H and O–H groups in total. The molecule has 0 aromatic heterocycles. The van der Waals surface area contributed by atoms with Crippen molar-refractivity contribution < 1.29 is 9.13 Å². The summed E-state index contributed by atoms with van der Waals surface area (Å²) < 4.78 is 19.5. The molecule has 0 aliphatic heterocycles. The zero-order valence-electron chi connectivity index (χ0n) is 11.4. The molecular formula is C15H15BrClFN2O. The van der Waals surface area contributed by atoms with E-state index in [1.807, 2.05) is 18.2 Å². The monoisotopic (exact) mass is 372 g/mol. The third-order valence-electron chi connectivity index (χ3n) is 3.07. The van der Waals surface area contributed by atoms with Crippen LogP contribution in [-0.2, 0) is 0 Å². The molecule has 1 unspecified atom stereocenters. The first kappa shape index (κ1) is 16.1. The number of hydrogen-bond acceptors (Lipinski definition) is 3. The maximum Gasteiger partial charge on any atom is 0.125 e. The number of ether oxygens (including phenoxy) is 1. The third-order valence-corrected chi connectivity index (χ3v) is 4.12. The molecule has 0 amide bonds. The largest absolute Gasteiger partial charge is 0.497 e. The van der Waals surface area contributed by atoms with E-state index in [2.05, 4.69) is 21.2 Å². The molecule has 2 aromatic carbocycles. The fourth-order valence-corrected chi connectivity index (χ4v) is 2.67. The Morgan fingerprint density at radius 3 is 2.76 bits per heavy atom. The van der Waals surface area contributed by atoms with Gasteiger partial charge in [-0.15, -0.1) is 0 Å². The highest BCUT2D eigenvalue weighted by Crippen LogP contribution is 2.32. The zero-order chi connectivity index (χ0) is 15.4. The summed E-state index contributed by atoms with van der Waals surface area (Å²) in [5, 5.41) is 3.60. The van der Waals surface area contributed by atoms with Gasteiger partial charge in [0.25, 0.3) is 0 Å². The van der Waals surface area contributed by atoms with Gasteiger partial charge >= 0.3 is 0 Å². The van der Waals surface area contributed by atoms with E-state index in [0.29, 0.717) is 17.3 Å². The number of benzene rings is 2. The smallest absolute Gasteiger partial charge is 0.125 e. The molecule has 0 fully saturated rings. The standard InChI is InChI=1S/C15H15BrClFN2O/c1-21-10-3-4-12(16)11(7-10)15(8-19)20-14-6-9(18)2-5-13(14)17/h2-7,15,20H,8,19H2,1H3. The van der Waals surface area contributed by atoms with E-state index in [1.54, 1.807) is 7.11 Å². The summed E-state index contributed by atoms with van der Waals surface area (Å²) in [6.07, 6.45) is 0. The van der Waals surface area contributed by atoms with E-state index in [9.17, 15) is 4.39 Å². The van der Waals surface area contributed by atoms with Crippen molar-refractivity contribution in [2.75, 3.05) is 19.0 Å². The number of nitrogens with one attached hydrogen (secondary N) is 1. The summed E-state index contributed by atoms with van der Waals surface area (Å²) in [5.41, 5.74) is 7.26. The fraction of sp³-hybridized carbons (Fsp3) is 0.200. The molecule has 0 aliphatic carbocycles. The van der Waals surface area contributed by atoms with Crippen molar-refractivity contribution in [3.05, 3.63) is 57.3 Å². The van der Waals surface area contributed by atoms with Crippen molar-refractivity contribution in [2.24, 2.45) is 5.73 Å². The quantitative estimate of drug-likeness (QED) is 0.818. The summed E-state index contributed by atoms with van der Waals surface area (Å²) in [6.45, 7) is 0.318. The lowest BCUT2D eigenvalue weighted by molar-refractivity contribution is 0.414. The minimum Gasteiger partial charge on any atom is -0.497 e. The van der Waals surface area contributed by atoms with E-state index >= 15 is 0 Å². The molecule has 0 spiro atoms. The summed E-state index contributed by atoms with van der Waals surface area (Å²) in [7, 11) is 1.60. The van der Waals surface area contributed by atoms with Crippen LogP contribution in [-0.4, -0.2) is 13.7 Å². The predicted octanol–water partition coefficient (Wildman–Crippen LogP) is 4.36. The number of nitrogens with two attached hydrogens (primary N) is 1. The predicted molar refractivity (Wildman–Crippen MR) is 87.5 cm³/mol. The summed E-state index contributed by atoms with van der Waals surface area (Å²) in [5.74, 6) is 0.362. The van der Waals surface area contributed by atoms with Crippen LogP contribution in [0.25, 0.3) is 0 Å². The third kappa shape index (κ3) is 3.87. The first-order valence-electron chi connectivity index (χ1n) is 6.30. The molecule has 0 aliphatic rings. The molecule has 0 radical (unpaired) electrons. The second-order valence-corrected chi connectivity index (χ2v) is 5.71. The SMILES string of the molecule is COc1ccc(Br)c(C(CN)Nc2cc(F)ccc2Cl)c1. The Kier molecular flexibility index (Phi) is 5.45. The number of halogens is 3. The molecule has 0 bridgehead atoms. The Morgan fingerprint density at radius 2 is 2.10 bits per heavy atom. The van der Waals surface area contributed by atoms with Crippen LogP contribution in [0.3, 0.4) is 0 Å². The van der Waals surface area contributed by atoms with Crippen molar-refractivity contribution >= 4 is 33.2 Å². The minimum atomic E-state index is -0.359. The normalized spacial score (nSPS) is 12.0. The Balaban J connectivity index is 2.34. The van der Waals surface area contributed by atoms with Gasteiger partial charge in [0.1, 0.15) is 11.6 Å². The highest BCUT2D eigenvalue weighted by Gasteiger charge is 2.15. The van der Waals surface area contributed by atoms with Crippen molar-refractivity contribution in [3.63, 3.8) is 0 Å². The van der Waals surface area contributed by atoms with E-state index in [1.165, 1.54) is 18.2 Å². The second-order valence-electron chi connectivity index (χ2n) is 4.44. The van der Waals surface area contributed by atoms with Crippen LogP contribution >= 0.6 is 27.5 Å². The molecule has 1 atom stereocenters. The van der Waals surface area contributed by atoms with E-state index < -0.39 is 0 Å². The van der Waals surface area contributed by atoms with Crippen LogP contribution in [0, 0.1) is 5.82 Å². The van der Waals surface area contributed by atoms with E-state index in [-0.39, 0.29) is 11.9 Å². The van der Waals surface area contributed by atoms with Crippen molar-refractivity contribution in [1.82, 2.24) is 0 Å². The Morgan fingerprint density at radius 1 is 1.33 bits per heavy atom. The Bertz CT molecular complexity index is 639. The molecule has 3 nitrogen and oxygen atoms in total. The van der Waals surface area contributed by atoms with Crippen LogP contribution in [0.15, 0.2) is 40.9 Å². The van der Waals surface area contributed by atoms with Gasteiger partial charge in [-0.25, -0.2) is 4.39 Å². The average molecular weight is 374 g/mol. The topological polar surface area (TPSA) is 47.3 Å². The van der Waals surface area contributed by atoms with Gasteiger partial charge in [-0.2, -0.15) is 0 Å². The van der Waals surface area contributed by atoms with Crippen LogP contribution < -0.4 is 15.8 Å². The molecule has 2 aromatic rings. The van der Waals surface area contributed by atoms with Crippen molar-refractivity contribution in [3.8, 4) is 5.75 Å². The highest BCUT2D eigenvalue weighted by atomic mass is 79.9. The lowest BCUT2D eigenvalue weighted by Gasteiger charge is -2.21. The van der Waals surface area contributed by atoms with Crippen molar-refractivity contribution in [2.45, 2.75) is 6.04 Å². The van der Waals surface area contributed by atoms with E-state index in [4.69, 9.17) is 22.1 Å². The van der Waals surface area contributed by atoms with Crippen LogP contribution in [0.5, 0.6) is 5.75 Å². The van der Waals surface area contributed by atoms with Crippen LogP contribution in [0.2, 0.25) is 5.02 Å². The molecule has 21 heavy (non-hydrogen) atoms. The van der Waals surface area contributed by atoms with Crippen LogP contribution in [0.1, 0.15) is 11.6 Å². The fourth-order valence-electron chi connectivity index (χ4n) is 1.98. The minimum absolute atomic E-state index is 0.228. The van der Waals surface area contributed by atoms with E-state index in [0.717, 1.165) is 15.8 Å². The Labute approximate surface area is 136 Å². The first-order chi connectivity index (χ1) is 10.0. The molecule has 112 valence electrons.